The third kappa shape index (κ3) is 33.3. The lowest BCUT2D eigenvalue weighted by atomic mass is 9.78. The van der Waals surface area contributed by atoms with Crippen LogP contribution >= 0.6 is 11.3 Å². The highest BCUT2D eigenvalue weighted by molar-refractivity contribution is 7.09. The second-order valence-corrected chi connectivity index (χ2v) is 47.1. The van der Waals surface area contributed by atoms with Crippen molar-refractivity contribution in [3.63, 3.8) is 0 Å². The SMILES string of the molecule is CC(C)(C)C1CCCN1.CC(C)(C)C1COCO1.CC(C)(C)C1Cc2ccccc2C1.CC(C)(C)C1OCc2ccccc2O1.CC(C)(C)N1CC2CCC1CC2.CC(C)(C)N1CCc2ccccc2C1.CC(C)(C)c1cccc2cnccc12.CC(C)(C)c1ccn[nH]1.CC(C)(C)c1nccs1.CC(C)c1ccc2c(c1)C=CC2.CC(C)c1cccc2[nH]ccc12. The summed E-state index contributed by atoms with van der Waals surface area (Å²) < 4.78 is 21.8. The van der Waals surface area contributed by atoms with Gasteiger partial charge in [0.05, 0.1) is 24.3 Å². The smallest absolute Gasteiger partial charge is 0.205 e. The predicted molar refractivity (Wildman–Crippen MR) is 544 cm³/mol. The highest BCUT2D eigenvalue weighted by Crippen LogP contribution is 2.41. The Kier molecular flexibility index (Phi) is 38.3. The van der Waals surface area contributed by atoms with Crippen molar-refractivity contribution in [2.75, 3.05) is 33.0 Å². The number of hydrogen-bond donors (Lipinski definition) is 3. The van der Waals surface area contributed by atoms with Crippen LogP contribution in [0.4, 0.5) is 0 Å². The highest BCUT2D eigenvalue weighted by atomic mass is 32.1. The van der Waals surface area contributed by atoms with Crippen LogP contribution in [-0.4, -0.2) is 104 Å². The minimum atomic E-state index is -0.141. The standard InChI is InChI=1S/C13H15N.C13H19N.C13H18.C12H16O2.C12H14.C11H21N.C11H13N.C8H17N.C7H12N2.C7H11NS.C7H14O2/c1-13(2,3)12-6-4-5-10-9-14-8-7-11(10)12;1-13(2,3)14-9-8-11-6-4-5-7-12(11)10-14;1-13(2,3)12-8-10-6-4-5-7-11(10)9-12;1-12(2,3)11-13-8-9-6-4-5-7-10(9)14-11;1-9(2)11-7-6-10-4-3-5-12(10)8-11;1-11(2,3)12-8-9-4-6-10(12)7-5-9;1-8(2)9-4-3-5-11-10(9)6-7-12-11;1-8(2,3)7-5-4-6-9-7;1-7(2,3)6-4-5-8-9-6;1-7(2,3)6-8-4-5-9-6;1-7(2,3)6-4-8-5-9-6/h4-9H,1-3H3;4-7H,8-10H2,1-3H3;4-7,12H,8-9H2,1-3H3;4-7,11H,8H2,1-3H3;3,5-9H,4H2,1-2H3;9-10H,4-8H2,1-3H3;3-8,12H,1-2H3;7,9H,4-6H2,1-3H3;4-5H,1-3H3,(H,8,9);4-5H,1-3H3;6H,4-5H2,1-3H3. The van der Waals surface area contributed by atoms with Gasteiger partial charge in [0.15, 0.2) is 0 Å². The summed E-state index contributed by atoms with van der Waals surface area (Å²) in [5, 5.41) is 17.4. The molecule has 4 aromatic heterocycles. The van der Waals surface area contributed by atoms with Crippen molar-refractivity contribution in [3.8, 4) is 5.75 Å². The number of para-hydroxylation sites is 1. The van der Waals surface area contributed by atoms with Gasteiger partial charge in [-0.15, -0.1) is 11.3 Å². The van der Waals surface area contributed by atoms with Crippen LogP contribution < -0.4 is 10.1 Å². The van der Waals surface area contributed by atoms with Crippen molar-refractivity contribution >= 4 is 39.1 Å². The zero-order chi connectivity index (χ0) is 93.5. The maximum Gasteiger partial charge on any atom is 0.205 e. The van der Waals surface area contributed by atoms with E-state index in [4.69, 9.17) is 18.9 Å². The fourth-order valence-corrected chi connectivity index (χ4v) is 17.9. The van der Waals surface area contributed by atoms with Crippen molar-refractivity contribution < 1.29 is 18.9 Å². The highest BCUT2D eigenvalue weighted by Gasteiger charge is 2.39. The molecule has 2 bridgehead atoms. The summed E-state index contributed by atoms with van der Waals surface area (Å²) >= 11 is 1.72. The number of aromatic nitrogens is 5. The Bertz CT molecular complexity index is 4700. The molecule has 3 unspecified atom stereocenters. The molecule has 6 aliphatic heterocycles. The Morgan fingerprint density at radius 2 is 1.18 bits per heavy atom. The molecule has 6 aromatic carbocycles. The van der Waals surface area contributed by atoms with E-state index >= 15 is 0 Å². The molecule has 1 saturated carbocycles. The summed E-state index contributed by atoms with van der Waals surface area (Å²) in [6.45, 7) is 76.1. The van der Waals surface area contributed by atoms with Crippen molar-refractivity contribution in [2.45, 2.75) is 356 Å². The monoisotopic (exact) mass is 1750 g/mol. The van der Waals surface area contributed by atoms with Gasteiger partial charge in [0, 0.05) is 123 Å². The van der Waals surface area contributed by atoms with Crippen LogP contribution in [0, 0.1) is 33.5 Å². The lowest BCUT2D eigenvalue weighted by Gasteiger charge is -2.51. The number of fused-ring (bicyclic) bond motifs is 9. The molecule has 3 aliphatic carbocycles. The van der Waals surface area contributed by atoms with E-state index in [2.05, 4.69) is 382 Å². The van der Waals surface area contributed by atoms with E-state index in [0.29, 0.717) is 47.1 Å². The zero-order valence-corrected chi connectivity index (χ0v) is 85.7. The van der Waals surface area contributed by atoms with E-state index in [0.717, 1.165) is 54.8 Å². The summed E-state index contributed by atoms with van der Waals surface area (Å²) in [5.41, 5.74) is 19.4. The summed E-state index contributed by atoms with van der Waals surface area (Å²) in [5.74, 6) is 4.06. The van der Waals surface area contributed by atoms with Gasteiger partial charge < -0.3 is 29.2 Å². The second kappa shape index (κ2) is 46.5. The van der Waals surface area contributed by atoms with Gasteiger partial charge in [-0.1, -0.05) is 301 Å². The number of H-pyrrole nitrogens is 2. The number of nitrogens with one attached hydrogen (secondary N) is 3. The van der Waals surface area contributed by atoms with E-state index in [9.17, 15) is 0 Å². The minimum Gasteiger partial charge on any atom is -0.464 e. The first kappa shape index (κ1) is 105. The lowest BCUT2D eigenvalue weighted by molar-refractivity contribution is -0.163. The van der Waals surface area contributed by atoms with E-state index in [-0.39, 0.29) is 39.5 Å². The largest absolute Gasteiger partial charge is 0.464 e. The number of thiazole rings is 1. The Morgan fingerprint density at radius 1 is 0.535 bits per heavy atom. The van der Waals surface area contributed by atoms with E-state index < -0.39 is 0 Å². The van der Waals surface area contributed by atoms with Gasteiger partial charge >= 0.3 is 0 Å². The third-order valence-electron chi connectivity index (χ3n) is 25.5. The molecule has 0 spiro atoms. The Morgan fingerprint density at radius 3 is 1.66 bits per heavy atom. The second-order valence-electron chi connectivity index (χ2n) is 46.2. The maximum absolute atomic E-state index is 5.77. The fraction of sp³-hybridized carbons (Fsp3) is 0.570. The molecule has 3 atom stereocenters. The molecular weight excluding hydrogens is 1580 g/mol. The van der Waals surface area contributed by atoms with Crippen molar-refractivity contribution in [1.29, 1.82) is 0 Å². The average molecular weight is 1750 g/mol. The Balaban J connectivity index is 0.000000173. The molecule has 4 saturated heterocycles. The molecule has 696 valence electrons. The molecule has 0 radical (unpaired) electrons. The summed E-state index contributed by atoms with van der Waals surface area (Å²) in [6.07, 6.45) is 27.5. The number of hydrogen-bond acceptors (Lipinski definition) is 11. The van der Waals surface area contributed by atoms with Crippen LogP contribution in [0.15, 0.2) is 188 Å². The van der Waals surface area contributed by atoms with Gasteiger partial charge in [-0.25, -0.2) is 4.98 Å². The number of aromatic amines is 2. The van der Waals surface area contributed by atoms with Gasteiger partial charge in [0.2, 0.25) is 6.29 Å². The van der Waals surface area contributed by atoms with Crippen molar-refractivity contribution in [2.24, 2.45) is 33.5 Å². The fourth-order valence-electron chi connectivity index (χ4n) is 17.1. The van der Waals surface area contributed by atoms with Crippen LogP contribution in [0.1, 0.15) is 331 Å². The quantitative estimate of drug-likeness (QED) is 0.154. The van der Waals surface area contributed by atoms with Gasteiger partial charge in [-0.05, 0) is 243 Å². The molecule has 5 fully saturated rings. The number of ether oxygens (including phenoxy) is 4. The molecule has 12 nitrogen and oxygen atoms in total. The number of rotatable bonds is 2. The number of allylic oxidation sites excluding steroid dienone is 1. The van der Waals surface area contributed by atoms with Gasteiger partial charge in [0.25, 0.3) is 0 Å². The molecule has 19 rings (SSSR count). The zero-order valence-electron chi connectivity index (χ0n) is 84.9. The topological polar surface area (TPSA) is 126 Å². The third-order valence-corrected chi connectivity index (χ3v) is 26.7. The maximum atomic E-state index is 5.77. The van der Waals surface area contributed by atoms with Crippen molar-refractivity contribution in [1.82, 2.24) is 40.3 Å². The van der Waals surface area contributed by atoms with E-state index in [1.54, 1.807) is 28.7 Å². The summed E-state index contributed by atoms with van der Waals surface area (Å²) in [4.78, 5) is 16.8. The number of pyridine rings is 1. The van der Waals surface area contributed by atoms with Crippen LogP contribution in [0.3, 0.4) is 0 Å². The summed E-state index contributed by atoms with van der Waals surface area (Å²) in [7, 11) is 0. The molecule has 9 aliphatic rings. The van der Waals surface area contributed by atoms with Crippen LogP contribution in [0.2, 0.25) is 0 Å². The molecular formula is C114H170N8O4S. The molecule has 127 heavy (non-hydrogen) atoms. The van der Waals surface area contributed by atoms with E-state index in [1.807, 2.05) is 60.5 Å². The van der Waals surface area contributed by atoms with Gasteiger partial charge in [-0.2, -0.15) is 5.10 Å². The first-order valence-electron chi connectivity index (χ1n) is 47.9. The Hall–Kier alpha value is -7.59. The van der Waals surface area contributed by atoms with Crippen LogP contribution in [-0.2, 0) is 69.3 Å². The van der Waals surface area contributed by atoms with Crippen LogP contribution in [0.5, 0.6) is 5.75 Å². The molecule has 10 aromatic rings. The molecule has 13 heteroatoms. The van der Waals surface area contributed by atoms with Crippen LogP contribution in [0.25, 0.3) is 27.8 Å². The number of piperidine rings is 2. The summed E-state index contributed by atoms with van der Waals surface area (Å²) in [6, 6.07) is 53.2. The van der Waals surface area contributed by atoms with E-state index in [1.165, 1.54) is 149 Å². The van der Waals surface area contributed by atoms with Gasteiger partial charge in [-0.3, -0.25) is 19.9 Å². The van der Waals surface area contributed by atoms with Gasteiger partial charge in [0.1, 0.15) is 12.5 Å². The lowest BCUT2D eigenvalue weighted by Crippen LogP contribution is -2.56. The minimum absolute atomic E-state index is 0.0214. The molecule has 10 heterocycles. The predicted octanol–water partition coefficient (Wildman–Crippen LogP) is 29.5. The molecule has 3 N–H and O–H groups in total. The average Bonchev–Trinajstić information content (AvgIpc) is 1.60. The Labute approximate surface area is 775 Å². The molecule has 0 amide bonds. The first-order chi connectivity index (χ1) is 59.4. The number of nitrogens with zero attached hydrogens (tertiary/aromatic N) is 5. The normalized spacial score (nSPS) is 19.1. The van der Waals surface area contributed by atoms with Crippen molar-refractivity contribution in [3.05, 3.63) is 254 Å². The number of benzene rings is 6. The first-order valence-corrected chi connectivity index (χ1v) is 48.8.